The average molecular weight is 322 g/mol. The molecule has 2 rings (SSSR count). The summed E-state index contributed by atoms with van der Waals surface area (Å²) >= 11 is 3.47. The molecule has 0 spiro atoms. The minimum absolute atomic E-state index is 0.604. The molecule has 1 saturated carbocycles. The van der Waals surface area contributed by atoms with Crippen LogP contribution in [0.15, 0.2) is 22.7 Å². The number of halogens is 1. The summed E-state index contributed by atoms with van der Waals surface area (Å²) < 4.78 is 1.03. The summed E-state index contributed by atoms with van der Waals surface area (Å²) in [4.78, 5) is 0. The van der Waals surface area contributed by atoms with Crippen LogP contribution in [0.4, 0.5) is 0 Å². The van der Waals surface area contributed by atoms with Gasteiger partial charge in [0.2, 0.25) is 0 Å². The van der Waals surface area contributed by atoms with Crippen molar-refractivity contribution in [2.45, 2.75) is 45.6 Å². The van der Waals surface area contributed by atoms with Crippen LogP contribution in [0.5, 0.6) is 0 Å². The molecule has 1 fully saturated rings. The number of benzene rings is 1. The number of aryl methyl sites for hydroxylation is 1. The molecule has 1 aliphatic carbocycles. The number of hydrogen-bond acceptors (Lipinski definition) is 2. The standard InChI is InChI=1S/C16H20BrNO/c1-11-5-7-16(10-18,8-6-11)15(19)13-3-4-14(17)12(2)9-13/h3-4,9,11,15,19H,5-8H2,1-2H3. The summed E-state index contributed by atoms with van der Waals surface area (Å²) in [6.07, 6.45) is 2.96. The number of nitriles is 1. The topological polar surface area (TPSA) is 44.0 Å². The second-order valence-corrected chi connectivity index (χ2v) is 6.72. The van der Waals surface area contributed by atoms with Gasteiger partial charge in [-0.05, 0) is 55.7 Å². The minimum atomic E-state index is -0.684. The number of rotatable bonds is 2. The Morgan fingerprint density at radius 1 is 1.42 bits per heavy atom. The molecular formula is C16H20BrNO. The summed E-state index contributed by atoms with van der Waals surface area (Å²) in [6, 6.07) is 8.25. The van der Waals surface area contributed by atoms with Gasteiger partial charge in [-0.3, -0.25) is 0 Å². The highest BCUT2D eigenvalue weighted by molar-refractivity contribution is 9.10. The Labute approximate surface area is 123 Å². The Kier molecular flexibility index (Phi) is 4.32. The Bertz CT molecular complexity index is 498. The van der Waals surface area contributed by atoms with Gasteiger partial charge in [-0.15, -0.1) is 0 Å². The van der Waals surface area contributed by atoms with Crippen LogP contribution in [0.3, 0.4) is 0 Å². The van der Waals surface area contributed by atoms with Gasteiger partial charge in [-0.2, -0.15) is 5.26 Å². The Morgan fingerprint density at radius 2 is 2.05 bits per heavy atom. The first-order valence-corrected chi connectivity index (χ1v) is 7.63. The molecule has 0 bridgehead atoms. The van der Waals surface area contributed by atoms with E-state index in [2.05, 4.69) is 28.9 Å². The summed E-state index contributed by atoms with van der Waals surface area (Å²) in [7, 11) is 0. The van der Waals surface area contributed by atoms with Crippen molar-refractivity contribution in [1.82, 2.24) is 0 Å². The molecule has 1 N–H and O–H groups in total. The first-order chi connectivity index (χ1) is 8.98. The number of aliphatic hydroxyl groups is 1. The van der Waals surface area contributed by atoms with Crippen molar-refractivity contribution in [3.8, 4) is 6.07 Å². The van der Waals surface area contributed by atoms with Crippen LogP contribution in [-0.4, -0.2) is 5.11 Å². The normalized spacial score (nSPS) is 28.7. The van der Waals surface area contributed by atoms with E-state index in [1.165, 1.54) is 0 Å². The van der Waals surface area contributed by atoms with Gasteiger partial charge < -0.3 is 5.11 Å². The van der Waals surface area contributed by atoms with Gasteiger partial charge >= 0.3 is 0 Å². The zero-order chi connectivity index (χ0) is 14.0. The van der Waals surface area contributed by atoms with E-state index in [4.69, 9.17) is 0 Å². The van der Waals surface area contributed by atoms with E-state index in [0.29, 0.717) is 5.92 Å². The zero-order valence-electron chi connectivity index (χ0n) is 11.5. The molecule has 1 unspecified atom stereocenters. The fraction of sp³-hybridized carbons (Fsp3) is 0.562. The Morgan fingerprint density at radius 3 is 2.58 bits per heavy atom. The van der Waals surface area contributed by atoms with E-state index in [1.54, 1.807) is 0 Å². The molecule has 19 heavy (non-hydrogen) atoms. The lowest BCUT2D eigenvalue weighted by molar-refractivity contribution is 0.0266. The zero-order valence-corrected chi connectivity index (χ0v) is 13.1. The molecule has 0 saturated heterocycles. The molecule has 1 aromatic carbocycles. The third kappa shape index (κ3) is 2.85. The smallest absolute Gasteiger partial charge is 0.0976 e. The average Bonchev–Trinajstić information content (AvgIpc) is 2.42. The number of hydrogen-bond donors (Lipinski definition) is 1. The van der Waals surface area contributed by atoms with E-state index in [0.717, 1.165) is 41.3 Å². The highest BCUT2D eigenvalue weighted by Crippen LogP contribution is 2.47. The Hall–Kier alpha value is -0.850. The fourth-order valence-electron chi connectivity index (χ4n) is 2.88. The van der Waals surface area contributed by atoms with Crippen LogP contribution < -0.4 is 0 Å². The van der Waals surface area contributed by atoms with Crippen LogP contribution >= 0.6 is 15.9 Å². The van der Waals surface area contributed by atoms with E-state index in [1.807, 2.05) is 25.1 Å². The van der Waals surface area contributed by atoms with Gasteiger partial charge in [0.15, 0.2) is 0 Å². The van der Waals surface area contributed by atoms with Gasteiger partial charge in [0, 0.05) is 4.47 Å². The second-order valence-electron chi connectivity index (χ2n) is 5.86. The summed E-state index contributed by atoms with van der Waals surface area (Å²) in [6.45, 7) is 4.22. The molecule has 0 aromatic heterocycles. The van der Waals surface area contributed by atoms with E-state index in [9.17, 15) is 10.4 Å². The first-order valence-electron chi connectivity index (χ1n) is 6.84. The molecule has 3 heteroatoms. The lowest BCUT2D eigenvalue weighted by Crippen LogP contribution is -2.32. The highest BCUT2D eigenvalue weighted by atomic mass is 79.9. The van der Waals surface area contributed by atoms with Gasteiger partial charge in [0.05, 0.1) is 17.6 Å². The Balaban J connectivity index is 2.28. The van der Waals surface area contributed by atoms with Gasteiger partial charge in [0.25, 0.3) is 0 Å². The molecule has 1 atom stereocenters. The highest BCUT2D eigenvalue weighted by Gasteiger charge is 2.41. The van der Waals surface area contributed by atoms with Crippen molar-refractivity contribution >= 4 is 15.9 Å². The van der Waals surface area contributed by atoms with Gasteiger partial charge in [0.1, 0.15) is 0 Å². The van der Waals surface area contributed by atoms with Crippen LogP contribution in [0, 0.1) is 29.6 Å². The van der Waals surface area contributed by atoms with Crippen LogP contribution in [0.25, 0.3) is 0 Å². The van der Waals surface area contributed by atoms with Crippen molar-refractivity contribution in [2.75, 3.05) is 0 Å². The summed E-state index contributed by atoms with van der Waals surface area (Å²) in [5.74, 6) is 0.667. The fourth-order valence-corrected chi connectivity index (χ4v) is 3.13. The molecule has 102 valence electrons. The predicted molar refractivity (Wildman–Crippen MR) is 79.5 cm³/mol. The van der Waals surface area contributed by atoms with E-state index < -0.39 is 11.5 Å². The third-order valence-corrected chi connectivity index (χ3v) is 5.30. The monoisotopic (exact) mass is 321 g/mol. The summed E-state index contributed by atoms with van der Waals surface area (Å²) in [5, 5.41) is 20.2. The number of aliphatic hydroxyl groups excluding tert-OH is 1. The molecule has 1 aliphatic rings. The predicted octanol–water partition coefficient (Wildman–Crippen LogP) is 4.51. The van der Waals surface area contributed by atoms with Crippen LogP contribution in [-0.2, 0) is 0 Å². The maximum absolute atomic E-state index is 10.7. The first kappa shape index (κ1) is 14.6. The minimum Gasteiger partial charge on any atom is -0.387 e. The van der Waals surface area contributed by atoms with Gasteiger partial charge in [-0.25, -0.2) is 0 Å². The lowest BCUT2D eigenvalue weighted by Gasteiger charge is -2.37. The molecule has 1 aromatic rings. The molecule has 2 nitrogen and oxygen atoms in total. The SMILES string of the molecule is Cc1cc(C(O)C2(C#N)CCC(C)CC2)ccc1Br. The molecule has 0 radical (unpaired) electrons. The van der Waals surface area contributed by atoms with Crippen molar-refractivity contribution in [3.63, 3.8) is 0 Å². The maximum atomic E-state index is 10.7. The largest absolute Gasteiger partial charge is 0.387 e. The van der Waals surface area contributed by atoms with Crippen molar-refractivity contribution < 1.29 is 5.11 Å². The van der Waals surface area contributed by atoms with Crippen LogP contribution in [0.2, 0.25) is 0 Å². The van der Waals surface area contributed by atoms with E-state index in [-0.39, 0.29) is 0 Å². The van der Waals surface area contributed by atoms with Gasteiger partial charge in [-0.1, -0.05) is 35.0 Å². The molecular weight excluding hydrogens is 302 g/mol. The van der Waals surface area contributed by atoms with Crippen molar-refractivity contribution in [2.24, 2.45) is 11.3 Å². The number of nitrogens with zero attached hydrogens (tertiary/aromatic N) is 1. The lowest BCUT2D eigenvalue weighted by atomic mass is 9.67. The van der Waals surface area contributed by atoms with Crippen LogP contribution in [0.1, 0.15) is 49.8 Å². The maximum Gasteiger partial charge on any atom is 0.0976 e. The summed E-state index contributed by atoms with van der Waals surface area (Å²) in [5.41, 5.74) is 1.35. The quantitative estimate of drug-likeness (QED) is 0.870. The second kappa shape index (κ2) is 5.64. The molecule has 0 aliphatic heterocycles. The van der Waals surface area contributed by atoms with Crippen molar-refractivity contribution in [1.29, 1.82) is 5.26 Å². The third-order valence-electron chi connectivity index (χ3n) is 4.41. The molecule has 0 amide bonds. The van der Waals surface area contributed by atoms with E-state index >= 15 is 0 Å². The molecule has 0 heterocycles. The van der Waals surface area contributed by atoms with Crippen molar-refractivity contribution in [3.05, 3.63) is 33.8 Å².